The molecule has 0 aliphatic heterocycles. The SMILES string of the molecule is CC(C)NC(=O)c1c(C(=O)O)cccc1[N+](=O)[O-]. The van der Waals surface area contributed by atoms with Crippen LogP contribution in [0.3, 0.4) is 0 Å². The van der Waals surface area contributed by atoms with E-state index in [1.54, 1.807) is 13.8 Å². The van der Waals surface area contributed by atoms with Gasteiger partial charge in [-0.05, 0) is 19.9 Å². The normalized spacial score (nSPS) is 10.2. The molecule has 0 bridgehead atoms. The van der Waals surface area contributed by atoms with Crippen LogP contribution in [-0.2, 0) is 0 Å². The number of benzene rings is 1. The molecule has 0 aromatic heterocycles. The van der Waals surface area contributed by atoms with Crippen molar-refractivity contribution < 1.29 is 19.6 Å². The minimum Gasteiger partial charge on any atom is -0.478 e. The number of rotatable bonds is 4. The minimum absolute atomic E-state index is 0.251. The summed E-state index contributed by atoms with van der Waals surface area (Å²) in [4.78, 5) is 32.9. The second kappa shape index (κ2) is 5.26. The first-order valence-corrected chi connectivity index (χ1v) is 5.16. The summed E-state index contributed by atoms with van der Waals surface area (Å²) in [5.74, 6) is -2.15. The summed E-state index contributed by atoms with van der Waals surface area (Å²) >= 11 is 0. The van der Waals surface area contributed by atoms with Crippen LogP contribution in [0.2, 0.25) is 0 Å². The lowest BCUT2D eigenvalue weighted by Gasteiger charge is -2.10. The molecular weight excluding hydrogens is 240 g/mol. The summed E-state index contributed by atoms with van der Waals surface area (Å²) in [7, 11) is 0. The van der Waals surface area contributed by atoms with Crippen LogP contribution in [0.5, 0.6) is 0 Å². The zero-order valence-electron chi connectivity index (χ0n) is 9.84. The number of nitro groups is 1. The average molecular weight is 252 g/mol. The van der Waals surface area contributed by atoms with Crippen LogP contribution in [0.25, 0.3) is 0 Å². The van der Waals surface area contributed by atoms with E-state index in [1.807, 2.05) is 0 Å². The number of carbonyl (C=O) groups excluding carboxylic acids is 1. The molecule has 96 valence electrons. The fourth-order valence-corrected chi connectivity index (χ4v) is 1.44. The van der Waals surface area contributed by atoms with Gasteiger partial charge in [0.05, 0.1) is 10.5 Å². The zero-order chi connectivity index (χ0) is 13.9. The number of aromatic carboxylic acids is 1. The number of hydrogen-bond donors (Lipinski definition) is 2. The number of nitrogens with zero attached hydrogens (tertiary/aromatic N) is 1. The highest BCUT2D eigenvalue weighted by Crippen LogP contribution is 2.22. The summed E-state index contributed by atoms with van der Waals surface area (Å²) < 4.78 is 0. The molecule has 0 saturated carbocycles. The molecular formula is C11H12N2O5. The molecule has 18 heavy (non-hydrogen) atoms. The van der Waals surface area contributed by atoms with Gasteiger partial charge in [0, 0.05) is 12.1 Å². The number of carbonyl (C=O) groups is 2. The topological polar surface area (TPSA) is 110 Å². The molecule has 0 atom stereocenters. The van der Waals surface area contributed by atoms with Gasteiger partial charge in [-0.1, -0.05) is 6.07 Å². The highest BCUT2D eigenvalue weighted by molar-refractivity contribution is 6.07. The van der Waals surface area contributed by atoms with Crippen molar-refractivity contribution in [1.82, 2.24) is 5.32 Å². The molecule has 1 rings (SSSR count). The molecule has 0 radical (unpaired) electrons. The Kier molecular flexibility index (Phi) is 3.98. The van der Waals surface area contributed by atoms with Crippen LogP contribution in [0.4, 0.5) is 5.69 Å². The van der Waals surface area contributed by atoms with E-state index in [4.69, 9.17) is 5.11 Å². The number of carboxylic acid groups (broad SMARTS) is 1. The first-order valence-electron chi connectivity index (χ1n) is 5.16. The van der Waals surface area contributed by atoms with Crippen LogP contribution in [0, 0.1) is 10.1 Å². The lowest BCUT2D eigenvalue weighted by Crippen LogP contribution is -2.32. The van der Waals surface area contributed by atoms with E-state index in [9.17, 15) is 19.7 Å². The quantitative estimate of drug-likeness (QED) is 0.622. The standard InChI is InChI=1S/C11H12N2O5/c1-6(2)12-10(14)9-7(11(15)16)4-3-5-8(9)13(17)18/h3-6H,1-2H3,(H,12,14)(H,15,16). The van der Waals surface area contributed by atoms with Gasteiger partial charge >= 0.3 is 5.97 Å². The smallest absolute Gasteiger partial charge is 0.336 e. The summed E-state index contributed by atoms with van der Waals surface area (Å²) in [6.07, 6.45) is 0. The molecule has 7 heteroatoms. The number of amides is 1. The van der Waals surface area contributed by atoms with E-state index >= 15 is 0 Å². The third-order valence-corrected chi connectivity index (χ3v) is 2.12. The molecule has 0 spiro atoms. The Labute approximate surface area is 103 Å². The number of hydrogen-bond acceptors (Lipinski definition) is 4. The van der Waals surface area contributed by atoms with Crippen molar-refractivity contribution in [3.8, 4) is 0 Å². The molecule has 1 aromatic carbocycles. The van der Waals surface area contributed by atoms with Crippen LogP contribution in [0.1, 0.15) is 34.6 Å². The number of nitrogens with one attached hydrogen (secondary N) is 1. The Morgan fingerprint density at radius 1 is 1.39 bits per heavy atom. The molecule has 0 fully saturated rings. The predicted octanol–water partition coefficient (Wildman–Crippen LogP) is 1.43. The van der Waals surface area contributed by atoms with Crippen molar-refractivity contribution in [3.63, 3.8) is 0 Å². The Morgan fingerprint density at radius 3 is 2.44 bits per heavy atom. The van der Waals surface area contributed by atoms with Crippen molar-refractivity contribution >= 4 is 17.6 Å². The predicted molar refractivity (Wildman–Crippen MR) is 62.7 cm³/mol. The van der Waals surface area contributed by atoms with Gasteiger partial charge < -0.3 is 10.4 Å². The van der Waals surface area contributed by atoms with Crippen LogP contribution < -0.4 is 5.32 Å². The van der Waals surface area contributed by atoms with E-state index in [1.165, 1.54) is 6.07 Å². The summed E-state index contributed by atoms with van der Waals surface area (Å²) in [6, 6.07) is 3.24. The molecule has 0 unspecified atom stereocenters. The second-order valence-corrected chi connectivity index (χ2v) is 3.89. The van der Waals surface area contributed by atoms with Gasteiger partial charge in [-0.25, -0.2) is 4.79 Å². The van der Waals surface area contributed by atoms with Gasteiger partial charge in [0.25, 0.3) is 11.6 Å². The molecule has 0 aliphatic rings. The van der Waals surface area contributed by atoms with Gasteiger partial charge in [0.1, 0.15) is 5.56 Å². The molecule has 7 nitrogen and oxygen atoms in total. The van der Waals surface area contributed by atoms with E-state index in [0.29, 0.717) is 0 Å². The molecule has 0 heterocycles. The van der Waals surface area contributed by atoms with Gasteiger partial charge in [-0.2, -0.15) is 0 Å². The maximum absolute atomic E-state index is 11.8. The molecule has 0 saturated heterocycles. The minimum atomic E-state index is -1.38. The van der Waals surface area contributed by atoms with E-state index in [-0.39, 0.29) is 11.6 Å². The molecule has 1 aromatic rings. The second-order valence-electron chi connectivity index (χ2n) is 3.89. The van der Waals surface area contributed by atoms with Crippen molar-refractivity contribution in [1.29, 1.82) is 0 Å². The Morgan fingerprint density at radius 2 is 2.00 bits per heavy atom. The highest BCUT2D eigenvalue weighted by atomic mass is 16.6. The summed E-state index contributed by atoms with van der Waals surface area (Å²) in [5.41, 5.74) is -1.33. The van der Waals surface area contributed by atoms with Gasteiger partial charge in [0.15, 0.2) is 0 Å². The Balaban J connectivity index is 3.40. The van der Waals surface area contributed by atoms with Crippen LogP contribution in [-0.4, -0.2) is 27.9 Å². The van der Waals surface area contributed by atoms with E-state index in [0.717, 1.165) is 12.1 Å². The highest BCUT2D eigenvalue weighted by Gasteiger charge is 2.27. The van der Waals surface area contributed by atoms with E-state index < -0.39 is 28.1 Å². The first kappa shape index (κ1) is 13.6. The van der Waals surface area contributed by atoms with Gasteiger partial charge in [-0.3, -0.25) is 14.9 Å². The largest absolute Gasteiger partial charge is 0.478 e. The van der Waals surface area contributed by atoms with E-state index in [2.05, 4.69) is 5.32 Å². The zero-order valence-corrected chi connectivity index (χ0v) is 9.84. The Bertz CT molecular complexity index is 478. The lowest BCUT2D eigenvalue weighted by atomic mass is 10.0. The van der Waals surface area contributed by atoms with Crippen LogP contribution in [0.15, 0.2) is 18.2 Å². The number of nitro benzene ring substituents is 1. The summed E-state index contributed by atoms with van der Waals surface area (Å²) in [5, 5.41) is 22.2. The third kappa shape index (κ3) is 2.82. The maximum Gasteiger partial charge on any atom is 0.336 e. The lowest BCUT2D eigenvalue weighted by molar-refractivity contribution is -0.385. The molecule has 1 amide bonds. The van der Waals surface area contributed by atoms with Crippen molar-refractivity contribution in [3.05, 3.63) is 39.4 Å². The summed E-state index contributed by atoms with van der Waals surface area (Å²) in [6.45, 7) is 3.35. The van der Waals surface area contributed by atoms with Crippen molar-refractivity contribution in [2.24, 2.45) is 0 Å². The van der Waals surface area contributed by atoms with Crippen molar-refractivity contribution in [2.75, 3.05) is 0 Å². The van der Waals surface area contributed by atoms with Gasteiger partial charge in [-0.15, -0.1) is 0 Å². The molecule has 0 aliphatic carbocycles. The fraction of sp³-hybridized carbons (Fsp3) is 0.273. The van der Waals surface area contributed by atoms with Crippen LogP contribution >= 0.6 is 0 Å². The Hall–Kier alpha value is -2.44. The van der Waals surface area contributed by atoms with Gasteiger partial charge in [0.2, 0.25) is 0 Å². The molecule has 2 N–H and O–H groups in total. The fourth-order valence-electron chi connectivity index (χ4n) is 1.44. The first-order chi connectivity index (χ1) is 8.34. The monoisotopic (exact) mass is 252 g/mol. The van der Waals surface area contributed by atoms with Crippen molar-refractivity contribution in [2.45, 2.75) is 19.9 Å². The third-order valence-electron chi connectivity index (χ3n) is 2.12. The average Bonchev–Trinajstić information content (AvgIpc) is 2.26. The number of carboxylic acids is 1. The maximum atomic E-state index is 11.8.